The van der Waals surface area contributed by atoms with Crippen molar-refractivity contribution in [3.8, 4) is 5.75 Å². The molecule has 4 rings (SSSR count). The maximum atomic E-state index is 12.8. The molecule has 6 heteroatoms. The van der Waals surface area contributed by atoms with E-state index in [0.717, 1.165) is 23.0 Å². The fourth-order valence-corrected chi connectivity index (χ4v) is 4.33. The molecule has 3 aromatic carbocycles. The summed E-state index contributed by atoms with van der Waals surface area (Å²) in [5.41, 5.74) is 2.50. The lowest BCUT2D eigenvalue weighted by atomic mass is 10.0. The van der Waals surface area contributed by atoms with Gasteiger partial charge in [-0.1, -0.05) is 24.3 Å². The smallest absolute Gasteiger partial charge is 0.261 e. The minimum Gasteiger partial charge on any atom is -0.496 e. The Morgan fingerprint density at radius 1 is 1.06 bits per heavy atom. The predicted octanol–water partition coefficient (Wildman–Crippen LogP) is 5.35. The summed E-state index contributed by atoms with van der Waals surface area (Å²) in [6.45, 7) is 3.37. The fraction of sp³-hybridized carbons (Fsp3) is 0.280. The number of amides is 1. The van der Waals surface area contributed by atoms with Crippen molar-refractivity contribution in [1.29, 1.82) is 0 Å². The number of benzene rings is 3. The molecular weight excluding hydrogens is 406 g/mol. The SMILES string of the molecule is COc1cc2ccccc2cc1C(=O)NC(=S)Nc1ccc(N2CCCC[C@H]2C)cc1. The molecule has 1 heterocycles. The number of fused-ring (bicyclic) bond motifs is 1. The first-order chi connectivity index (χ1) is 15.0. The Kier molecular flexibility index (Phi) is 6.37. The van der Waals surface area contributed by atoms with Crippen LogP contribution in [0.4, 0.5) is 11.4 Å². The van der Waals surface area contributed by atoms with Crippen molar-refractivity contribution in [2.45, 2.75) is 32.2 Å². The van der Waals surface area contributed by atoms with Gasteiger partial charge < -0.3 is 15.0 Å². The van der Waals surface area contributed by atoms with E-state index in [1.165, 1.54) is 24.9 Å². The molecule has 1 aliphatic heterocycles. The van der Waals surface area contributed by atoms with E-state index in [2.05, 4.69) is 34.6 Å². The van der Waals surface area contributed by atoms with E-state index in [1.54, 1.807) is 7.11 Å². The van der Waals surface area contributed by atoms with Gasteiger partial charge >= 0.3 is 0 Å². The first-order valence-electron chi connectivity index (χ1n) is 10.6. The van der Waals surface area contributed by atoms with Crippen LogP contribution in [0, 0.1) is 0 Å². The van der Waals surface area contributed by atoms with Gasteiger partial charge in [0.1, 0.15) is 5.75 Å². The molecule has 1 saturated heterocycles. The van der Waals surface area contributed by atoms with E-state index in [-0.39, 0.29) is 11.0 Å². The lowest BCUT2D eigenvalue weighted by molar-refractivity contribution is 0.0975. The van der Waals surface area contributed by atoms with Crippen molar-refractivity contribution in [3.63, 3.8) is 0 Å². The highest BCUT2D eigenvalue weighted by molar-refractivity contribution is 7.80. The molecular formula is C25H27N3O2S. The molecule has 0 bridgehead atoms. The topological polar surface area (TPSA) is 53.6 Å². The van der Waals surface area contributed by atoms with Crippen molar-refractivity contribution >= 4 is 45.4 Å². The highest BCUT2D eigenvalue weighted by Crippen LogP contribution is 2.27. The summed E-state index contributed by atoms with van der Waals surface area (Å²) in [6.07, 6.45) is 3.76. The Balaban J connectivity index is 1.43. The van der Waals surface area contributed by atoms with E-state index in [9.17, 15) is 4.79 Å². The van der Waals surface area contributed by atoms with Crippen LogP contribution in [0.1, 0.15) is 36.5 Å². The van der Waals surface area contributed by atoms with Crippen LogP contribution >= 0.6 is 12.2 Å². The van der Waals surface area contributed by atoms with E-state index >= 15 is 0 Å². The maximum absolute atomic E-state index is 12.8. The number of nitrogens with one attached hydrogen (secondary N) is 2. The van der Waals surface area contributed by atoms with Crippen molar-refractivity contribution in [3.05, 3.63) is 66.2 Å². The number of nitrogens with zero attached hydrogens (tertiary/aromatic N) is 1. The molecule has 0 saturated carbocycles. The van der Waals surface area contributed by atoms with Crippen LogP contribution in [-0.4, -0.2) is 30.7 Å². The predicted molar refractivity (Wildman–Crippen MR) is 131 cm³/mol. The van der Waals surface area contributed by atoms with Crippen LogP contribution in [0.25, 0.3) is 10.8 Å². The van der Waals surface area contributed by atoms with Crippen LogP contribution in [0.5, 0.6) is 5.75 Å². The Morgan fingerprint density at radius 2 is 1.77 bits per heavy atom. The lowest BCUT2D eigenvalue weighted by Crippen LogP contribution is -2.37. The number of thiocarbonyl (C=S) groups is 1. The number of hydrogen-bond acceptors (Lipinski definition) is 4. The zero-order valence-electron chi connectivity index (χ0n) is 17.9. The monoisotopic (exact) mass is 433 g/mol. The second-order valence-corrected chi connectivity index (χ2v) is 8.30. The summed E-state index contributed by atoms with van der Waals surface area (Å²) < 4.78 is 5.42. The van der Waals surface area contributed by atoms with Crippen LogP contribution < -0.4 is 20.3 Å². The van der Waals surface area contributed by atoms with E-state index < -0.39 is 0 Å². The second-order valence-electron chi connectivity index (χ2n) is 7.89. The average molecular weight is 434 g/mol. The van der Waals surface area contributed by atoms with E-state index in [4.69, 9.17) is 17.0 Å². The molecule has 0 radical (unpaired) electrons. The molecule has 5 nitrogen and oxygen atoms in total. The summed E-state index contributed by atoms with van der Waals surface area (Å²) in [7, 11) is 1.56. The van der Waals surface area contributed by atoms with Crippen molar-refractivity contribution < 1.29 is 9.53 Å². The van der Waals surface area contributed by atoms with Gasteiger partial charge in [-0.05, 0) is 85.6 Å². The largest absolute Gasteiger partial charge is 0.496 e. The molecule has 1 fully saturated rings. The van der Waals surface area contributed by atoms with Gasteiger partial charge in [0.25, 0.3) is 5.91 Å². The normalized spacial score (nSPS) is 16.1. The highest BCUT2D eigenvalue weighted by atomic mass is 32.1. The molecule has 0 aromatic heterocycles. The molecule has 160 valence electrons. The minimum absolute atomic E-state index is 0.249. The summed E-state index contributed by atoms with van der Waals surface area (Å²) in [6, 6.07) is 20.3. The number of hydrogen-bond donors (Lipinski definition) is 2. The molecule has 3 aromatic rings. The lowest BCUT2D eigenvalue weighted by Gasteiger charge is -2.35. The summed E-state index contributed by atoms with van der Waals surface area (Å²) >= 11 is 5.37. The molecule has 0 aliphatic carbocycles. The third-order valence-corrected chi connectivity index (χ3v) is 6.00. The van der Waals surface area contributed by atoms with Crippen LogP contribution in [0.15, 0.2) is 60.7 Å². The van der Waals surface area contributed by atoms with Crippen LogP contribution in [0.2, 0.25) is 0 Å². The van der Waals surface area contributed by atoms with Crippen molar-refractivity contribution in [2.24, 2.45) is 0 Å². The average Bonchev–Trinajstić information content (AvgIpc) is 2.79. The fourth-order valence-electron chi connectivity index (χ4n) is 4.12. The first-order valence-corrected chi connectivity index (χ1v) is 11.0. The first kappa shape index (κ1) is 21.1. The van der Waals surface area contributed by atoms with Gasteiger partial charge in [-0.3, -0.25) is 10.1 Å². The summed E-state index contributed by atoms with van der Waals surface area (Å²) in [5, 5.41) is 8.09. The Morgan fingerprint density at radius 3 is 2.45 bits per heavy atom. The molecule has 1 atom stereocenters. The number of methoxy groups -OCH3 is 1. The molecule has 0 spiro atoms. The van der Waals surface area contributed by atoms with Crippen molar-refractivity contribution in [1.82, 2.24) is 5.32 Å². The van der Waals surface area contributed by atoms with Gasteiger partial charge in [0.2, 0.25) is 0 Å². The Hall–Kier alpha value is -3.12. The number of carbonyl (C=O) groups excluding carboxylic acids is 1. The Labute approximate surface area is 188 Å². The zero-order chi connectivity index (χ0) is 21.8. The summed E-state index contributed by atoms with van der Waals surface area (Å²) in [4.78, 5) is 15.3. The van der Waals surface area contributed by atoms with Gasteiger partial charge in [-0.25, -0.2) is 0 Å². The second kappa shape index (κ2) is 9.35. The van der Waals surface area contributed by atoms with Crippen LogP contribution in [0.3, 0.4) is 0 Å². The quantitative estimate of drug-likeness (QED) is 0.543. The molecule has 0 unspecified atom stereocenters. The molecule has 1 amide bonds. The maximum Gasteiger partial charge on any atom is 0.261 e. The number of anilines is 2. The van der Waals surface area contributed by atoms with Gasteiger partial charge in [0.05, 0.1) is 12.7 Å². The van der Waals surface area contributed by atoms with Gasteiger partial charge in [0, 0.05) is 24.0 Å². The van der Waals surface area contributed by atoms with Gasteiger partial charge in [0.15, 0.2) is 5.11 Å². The zero-order valence-corrected chi connectivity index (χ0v) is 18.7. The third kappa shape index (κ3) is 4.80. The van der Waals surface area contributed by atoms with Crippen LogP contribution in [-0.2, 0) is 0 Å². The van der Waals surface area contributed by atoms with Gasteiger partial charge in [-0.2, -0.15) is 0 Å². The van der Waals surface area contributed by atoms with E-state index in [0.29, 0.717) is 17.4 Å². The minimum atomic E-state index is -0.307. The number of ether oxygens (including phenoxy) is 1. The number of rotatable bonds is 4. The van der Waals surface area contributed by atoms with Gasteiger partial charge in [-0.15, -0.1) is 0 Å². The molecule has 31 heavy (non-hydrogen) atoms. The number of carbonyl (C=O) groups is 1. The van der Waals surface area contributed by atoms with Crippen molar-refractivity contribution in [2.75, 3.05) is 23.9 Å². The third-order valence-electron chi connectivity index (χ3n) is 5.80. The van der Waals surface area contributed by atoms with E-state index in [1.807, 2.05) is 48.5 Å². The Bertz CT molecular complexity index is 1100. The molecule has 1 aliphatic rings. The molecule has 2 N–H and O–H groups in total. The highest BCUT2D eigenvalue weighted by Gasteiger charge is 2.19. The number of piperidine rings is 1. The summed E-state index contributed by atoms with van der Waals surface area (Å²) in [5.74, 6) is 0.206. The standard InChI is InChI=1S/C25H27N3O2S/c1-17-7-5-6-14-28(17)21-12-10-20(11-13-21)26-25(31)27-24(29)22-15-18-8-3-4-9-19(18)16-23(22)30-2/h3-4,8-13,15-17H,5-7,14H2,1-2H3,(H2,26,27,29,31)/t17-/m1/s1.